The zero-order valence-corrected chi connectivity index (χ0v) is 12.9. The topological polar surface area (TPSA) is 64.1 Å². The van der Waals surface area contributed by atoms with Gasteiger partial charge in [-0.2, -0.15) is 11.8 Å². The summed E-state index contributed by atoms with van der Waals surface area (Å²) in [4.78, 5) is 29.4. The molecule has 0 aromatic heterocycles. The number of amides is 2. The predicted molar refractivity (Wildman–Crippen MR) is 79.1 cm³/mol. The van der Waals surface area contributed by atoms with E-state index >= 15 is 0 Å². The molecule has 0 bridgehead atoms. The molecule has 2 heterocycles. The van der Waals surface area contributed by atoms with Crippen molar-refractivity contribution in [2.45, 2.75) is 24.9 Å². The molecule has 0 radical (unpaired) electrons. The Balaban J connectivity index is 1.99. The Hall–Kier alpha value is -0.950. The lowest BCUT2D eigenvalue weighted by molar-refractivity contribution is -0.141. The van der Waals surface area contributed by atoms with E-state index in [1.807, 2.05) is 0 Å². The fourth-order valence-corrected chi connectivity index (χ4v) is 3.82. The van der Waals surface area contributed by atoms with E-state index in [4.69, 9.17) is 0 Å². The Morgan fingerprint density at radius 2 is 1.90 bits per heavy atom. The van der Waals surface area contributed by atoms with Crippen molar-refractivity contribution in [1.29, 1.82) is 0 Å². The fraction of sp³-hybridized carbons (Fsp3) is 0.846. The highest BCUT2D eigenvalue weighted by Crippen LogP contribution is 2.21. The Labute approximate surface area is 124 Å². The maximum atomic E-state index is 12.6. The van der Waals surface area contributed by atoms with Gasteiger partial charge in [-0.1, -0.05) is 0 Å². The number of likely N-dealkylation sites (tertiary alicyclic amines) is 1. The quantitative estimate of drug-likeness (QED) is 0.811. The summed E-state index contributed by atoms with van der Waals surface area (Å²) < 4.78 is 0. The molecule has 0 aliphatic carbocycles. The number of carbonyl (C=O) groups is 2. The summed E-state index contributed by atoms with van der Waals surface area (Å²) in [6.45, 7) is 2.50. The molecule has 1 N–H and O–H groups in total. The number of thioether (sulfide) groups is 1. The van der Waals surface area contributed by atoms with Gasteiger partial charge in [-0.25, -0.2) is 9.59 Å². The molecule has 1 unspecified atom stereocenters. The highest BCUT2D eigenvalue weighted by molar-refractivity contribution is 7.99. The molecule has 2 aliphatic heterocycles. The van der Waals surface area contributed by atoms with Gasteiger partial charge in [-0.15, -0.1) is 0 Å². The van der Waals surface area contributed by atoms with Crippen LogP contribution in [0.1, 0.15) is 12.8 Å². The van der Waals surface area contributed by atoms with Gasteiger partial charge in [-0.05, 0) is 33.0 Å². The summed E-state index contributed by atoms with van der Waals surface area (Å²) in [7, 11) is 3.89. The van der Waals surface area contributed by atoms with Gasteiger partial charge in [-0.3, -0.25) is 0 Å². The molecule has 20 heavy (non-hydrogen) atoms. The third-order valence-corrected chi connectivity index (χ3v) is 5.22. The highest BCUT2D eigenvalue weighted by Gasteiger charge is 2.36. The number of urea groups is 1. The zero-order chi connectivity index (χ0) is 14.7. The van der Waals surface area contributed by atoms with E-state index in [-0.39, 0.29) is 12.1 Å². The molecular weight excluding hydrogens is 278 g/mol. The third kappa shape index (κ3) is 3.38. The Morgan fingerprint density at radius 3 is 2.50 bits per heavy atom. The van der Waals surface area contributed by atoms with Gasteiger partial charge in [0.05, 0.1) is 0 Å². The van der Waals surface area contributed by atoms with Crippen LogP contribution in [-0.2, 0) is 4.79 Å². The van der Waals surface area contributed by atoms with Gasteiger partial charge in [0.2, 0.25) is 0 Å². The van der Waals surface area contributed by atoms with Gasteiger partial charge in [0.1, 0.15) is 6.04 Å². The van der Waals surface area contributed by atoms with Gasteiger partial charge in [0.15, 0.2) is 0 Å². The lowest BCUT2D eigenvalue weighted by Gasteiger charge is -2.40. The van der Waals surface area contributed by atoms with E-state index in [9.17, 15) is 14.7 Å². The van der Waals surface area contributed by atoms with Crippen molar-refractivity contribution in [3.8, 4) is 0 Å². The summed E-state index contributed by atoms with van der Waals surface area (Å²) in [5.41, 5.74) is 0. The second-order valence-electron chi connectivity index (χ2n) is 5.55. The van der Waals surface area contributed by atoms with Gasteiger partial charge >= 0.3 is 12.0 Å². The smallest absolute Gasteiger partial charge is 0.327 e. The van der Waals surface area contributed by atoms with Gasteiger partial charge in [0, 0.05) is 31.1 Å². The van der Waals surface area contributed by atoms with E-state index < -0.39 is 12.0 Å². The van der Waals surface area contributed by atoms with Gasteiger partial charge < -0.3 is 19.8 Å². The van der Waals surface area contributed by atoms with Crippen molar-refractivity contribution in [2.24, 2.45) is 0 Å². The minimum absolute atomic E-state index is 0.132. The van der Waals surface area contributed by atoms with Crippen LogP contribution >= 0.6 is 11.8 Å². The lowest BCUT2D eigenvalue weighted by atomic mass is 10.0. The van der Waals surface area contributed by atoms with Crippen LogP contribution in [0.3, 0.4) is 0 Å². The largest absolute Gasteiger partial charge is 0.480 e. The molecule has 2 fully saturated rings. The molecule has 6 nitrogen and oxygen atoms in total. The van der Waals surface area contributed by atoms with E-state index in [2.05, 4.69) is 11.9 Å². The van der Waals surface area contributed by atoms with Crippen molar-refractivity contribution < 1.29 is 14.7 Å². The molecule has 1 atom stereocenters. The second-order valence-corrected chi connectivity index (χ2v) is 6.70. The summed E-state index contributed by atoms with van der Waals surface area (Å²) >= 11 is 1.60. The number of rotatable bonds is 2. The predicted octanol–water partition coefficient (Wildman–Crippen LogP) is 0.634. The van der Waals surface area contributed by atoms with E-state index in [0.29, 0.717) is 12.3 Å². The summed E-state index contributed by atoms with van der Waals surface area (Å²) in [5, 5.41) is 9.25. The van der Waals surface area contributed by atoms with E-state index in [0.717, 1.165) is 31.7 Å². The van der Waals surface area contributed by atoms with Crippen LogP contribution in [0, 0.1) is 0 Å². The minimum Gasteiger partial charge on any atom is -0.480 e. The van der Waals surface area contributed by atoms with Gasteiger partial charge in [0.25, 0.3) is 0 Å². The van der Waals surface area contributed by atoms with Crippen LogP contribution in [0.15, 0.2) is 0 Å². The number of carbonyl (C=O) groups excluding carboxylic acids is 1. The molecule has 114 valence electrons. The molecule has 2 amide bonds. The van der Waals surface area contributed by atoms with Crippen LogP contribution in [0.25, 0.3) is 0 Å². The Morgan fingerprint density at radius 1 is 1.25 bits per heavy atom. The molecule has 0 aromatic rings. The maximum Gasteiger partial charge on any atom is 0.327 e. The molecular formula is C13H23N3O3S. The van der Waals surface area contributed by atoms with Crippen LogP contribution in [0.5, 0.6) is 0 Å². The number of nitrogens with zero attached hydrogens (tertiary/aromatic N) is 3. The summed E-state index contributed by atoms with van der Waals surface area (Å²) in [6.07, 6.45) is 1.91. The number of hydrogen-bond donors (Lipinski definition) is 1. The summed E-state index contributed by atoms with van der Waals surface area (Å²) in [5.74, 6) is 0.404. The zero-order valence-electron chi connectivity index (χ0n) is 12.1. The monoisotopic (exact) mass is 301 g/mol. The first-order valence-corrected chi connectivity index (χ1v) is 8.18. The number of aliphatic carboxylic acids is 1. The van der Waals surface area contributed by atoms with Crippen LogP contribution in [-0.4, -0.2) is 89.1 Å². The van der Waals surface area contributed by atoms with E-state index in [1.54, 1.807) is 23.7 Å². The average molecular weight is 301 g/mol. The standard InChI is InChI=1S/C13H23N3O3S/c1-14-5-3-10(4-6-14)15(2)13(19)16-7-8-20-9-11(16)12(17)18/h10-11H,3-9H2,1-2H3,(H,17,18). The van der Waals surface area contributed by atoms with E-state index in [1.165, 1.54) is 4.90 Å². The first kappa shape index (κ1) is 15.4. The average Bonchev–Trinajstić information content (AvgIpc) is 2.46. The molecule has 7 heteroatoms. The number of carboxylic acid groups (broad SMARTS) is 1. The number of piperidine rings is 1. The second kappa shape index (κ2) is 6.67. The lowest BCUT2D eigenvalue weighted by Crippen LogP contribution is -2.56. The first-order chi connectivity index (χ1) is 9.50. The molecule has 0 aromatic carbocycles. The normalized spacial score (nSPS) is 25.5. The minimum atomic E-state index is -0.901. The van der Waals surface area contributed by atoms with Crippen molar-refractivity contribution in [3.63, 3.8) is 0 Å². The molecule has 2 aliphatic rings. The Kier molecular flexibility index (Phi) is 5.15. The number of hydrogen-bond acceptors (Lipinski definition) is 4. The number of carboxylic acids is 1. The fourth-order valence-electron chi connectivity index (χ4n) is 2.78. The van der Waals surface area contributed by atoms with Crippen LogP contribution in [0.2, 0.25) is 0 Å². The van der Waals surface area contributed by atoms with Crippen LogP contribution < -0.4 is 0 Å². The molecule has 2 rings (SSSR count). The summed E-state index contributed by atoms with van der Waals surface area (Å²) in [6, 6.07) is -0.593. The molecule has 0 spiro atoms. The Bertz CT molecular complexity index is 372. The third-order valence-electron chi connectivity index (χ3n) is 4.20. The van der Waals surface area contributed by atoms with Crippen molar-refractivity contribution in [3.05, 3.63) is 0 Å². The SMILES string of the molecule is CN1CCC(N(C)C(=O)N2CCSCC2C(=O)O)CC1. The first-order valence-electron chi connectivity index (χ1n) is 7.03. The maximum absolute atomic E-state index is 12.6. The highest BCUT2D eigenvalue weighted by atomic mass is 32.2. The van der Waals surface area contributed by atoms with Crippen molar-refractivity contribution in [1.82, 2.24) is 14.7 Å². The van der Waals surface area contributed by atoms with Crippen molar-refractivity contribution >= 4 is 23.8 Å². The molecule has 2 saturated heterocycles. The van der Waals surface area contributed by atoms with Crippen LogP contribution in [0.4, 0.5) is 4.79 Å². The molecule has 0 saturated carbocycles. The van der Waals surface area contributed by atoms with Crippen molar-refractivity contribution in [2.75, 3.05) is 45.2 Å².